The molecule has 2 rings (SSSR count). The molecular weight excluding hydrogens is 368 g/mol. The Morgan fingerprint density at radius 2 is 2.14 bits per heavy atom. The number of nitro groups is 1. The van der Waals surface area contributed by atoms with Gasteiger partial charge in [-0.1, -0.05) is 0 Å². The minimum absolute atomic E-state index is 0.0144. The monoisotopic (exact) mass is 388 g/mol. The molecule has 0 saturated heterocycles. The van der Waals surface area contributed by atoms with Gasteiger partial charge in [0.05, 0.1) is 24.9 Å². The van der Waals surface area contributed by atoms with Crippen molar-refractivity contribution in [2.24, 2.45) is 5.10 Å². The quantitative estimate of drug-likeness (QED) is 0.419. The molecule has 0 spiro atoms. The third kappa shape index (κ3) is 4.53. The van der Waals surface area contributed by atoms with Gasteiger partial charge in [-0.25, -0.2) is 5.43 Å². The highest BCUT2D eigenvalue weighted by molar-refractivity contribution is 5.94. The van der Waals surface area contributed by atoms with Gasteiger partial charge in [-0.05, 0) is 32.0 Å². The Hall–Kier alpha value is -3.69. The standard InChI is InChI=1S/C18H20N4O6/c1-4-21-8-6-7-13(18(21)24)17(23)20-19-11-12-9-14(22(25)26)16(28-5-2)15(10-12)27-3/h6-11H,4-5H2,1-3H3,(H,20,23)/b19-11-. The highest BCUT2D eigenvalue weighted by atomic mass is 16.6. The summed E-state index contributed by atoms with van der Waals surface area (Å²) >= 11 is 0. The molecule has 1 aromatic heterocycles. The molecule has 28 heavy (non-hydrogen) atoms. The second kappa shape index (κ2) is 9.31. The van der Waals surface area contributed by atoms with E-state index in [0.29, 0.717) is 12.1 Å². The highest BCUT2D eigenvalue weighted by Gasteiger charge is 2.21. The largest absolute Gasteiger partial charge is 0.493 e. The van der Waals surface area contributed by atoms with E-state index < -0.39 is 16.4 Å². The Bertz CT molecular complexity index is 967. The van der Waals surface area contributed by atoms with Gasteiger partial charge in [0.1, 0.15) is 5.56 Å². The molecule has 148 valence electrons. The van der Waals surface area contributed by atoms with Crippen LogP contribution in [0.3, 0.4) is 0 Å². The molecule has 0 saturated carbocycles. The van der Waals surface area contributed by atoms with Gasteiger partial charge in [-0.3, -0.25) is 19.7 Å². The minimum atomic E-state index is -0.684. The van der Waals surface area contributed by atoms with E-state index in [1.807, 2.05) is 0 Å². The first-order chi connectivity index (χ1) is 13.4. The zero-order chi connectivity index (χ0) is 20.7. The first kappa shape index (κ1) is 20.6. The number of rotatable bonds is 8. The van der Waals surface area contributed by atoms with E-state index in [1.165, 1.54) is 36.1 Å². The summed E-state index contributed by atoms with van der Waals surface area (Å²) < 4.78 is 11.8. The van der Waals surface area contributed by atoms with Crippen molar-refractivity contribution in [3.8, 4) is 11.5 Å². The fraction of sp³-hybridized carbons (Fsp3) is 0.278. The fourth-order valence-electron chi connectivity index (χ4n) is 2.44. The van der Waals surface area contributed by atoms with Crippen molar-refractivity contribution < 1.29 is 19.2 Å². The van der Waals surface area contributed by atoms with Crippen LogP contribution in [0.15, 0.2) is 40.4 Å². The number of aromatic nitrogens is 1. The molecule has 0 atom stereocenters. The van der Waals surface area contributed by atoms with Crippen molar-refractivity contribution in [2.45, 2.75) is 20.4 Å². The molecule has 1 heterocycles. The number of ether oxygens (including phenoxy) is 2. The van der Waals surface area contributed by atoms with Crippen molar-refractivity contribution in [1.29, 1.82) is 0 Å². The Labute approximate surface area is 160 Å². The third-order valence-corrected chi connectivity index (χ3v) is 3.75. The number of carbonyl (C=O) groups excluding carboxylic acids is 1. The van der Waals surface area contributed by atoms with Gasteiger partial charge in [0, 0.05) is 24.4 Å². The van der Waals surface area contributed by atoms with E-state index in [1.54, 1.807) is 26.1 Å². The molecule has 1 amide bonds. The normalized spacial score (nSPS) is 10.7. The summed E-state index contributed by atoms with van der Waals surface area (Å²) in [7, 11) is 1.36. The summed E-state index contributed by atoms with van der Waals surface area (Å²) in [5.74, 6) is -0.505. The summed E-state index contributed by atoms with van der Waals surface area (Å²) in [6.07, 6.45) is 2.79. The van der Waals surface area contributed by atoms with Crippen LogP contribution in [0.25, 0.3) is 0 Å². The number of hydrogen-bond donors (Lipinski definition) is 1. The van der Waals surface area contributed by atoms with E-state index in [9.17, 15) is 19.7 Å². The van der Waals surface area contributed by atoms with E-state index >= 15 is 0 Å². The maximum Gasteiger partial charge on any atom is 0.315 e. The molecule has 0 radical (unpaired) electrons. The summed E-state index contributed by atoms with van der Waals surface area (Å²) in [4.78, 5) is 35.0. The van der Waals surface area contributed by atoms with Crippen molar-refractivity contribution in [3.63, 3.8) is 0 Å². The Morgan fingerprint density at radius 3 is 2.75 bits per heavy atom. The van der Waals surface area contributed by atoms with Gasteiger partial charge in [-0.2, -0.15) is 5.10 Å². The van der Waals surface area contributed by atoms with Crippen LogP contribution in [-0.2, 0) is 6.54 Å². The number of pyridine rings is 1. The number of methoxy groups -OCH3 is 1. The topological polar surface area (TPSA) is 125 Å². The van der Waals surface area contributed by atoms with Gasteiger partial charge < -0.3 is 14.0 Å². The van der Waals surface area contributed by atoms with Gasteiger partial charge in [-0.15, -0.1) is 0 Å². The van der Waals surface area contributed by atoms with E-state index in [-0.39, 0.29) is 29.4 Å². The first-order valence-corrected chi connectivity index (χ1v) is 8.44. The number of benzene rings is 1. The minimum Gasteiger partial charge on any atom is -0.493 e. The van der Waals surface area contributed by atoms with Gasteiger partial charge in [0.25, 0.3) is 11.5 Å². The lowest BCUT2D eigenvalue weighted by atomic mass is 10.2. The SMILES string of the molecule is CCOc1c(OC)cc(/C=N\NC(=O)c2cccn(CC)c2=O)cc1[N+](=O)[O-]. The number of nitro benzene ring substituents is 1. The van der Waals surface area contributed by atoms with Crippen LogP contribution < -0.4 is 20.5 Å². The number of hydrogen-bond acceptors (Lipinski definition) is 7. The Balaban J connectivity index is 2.27. The number of carbonyl (C=O) groups is 1. The second-order valence-electron chi connectivity index (χ2n) is 5.47. The smallest absolute Gasteiger partial charge is 0.315 e. The lowest BCUT2D eigenvalue weighted by Crippen LogP contribution is -2.30. The van der Waals surface area contributed by atoms with Crippen LogP contribution in [0.2, 0.25) is 0 Å². The maximum atomic E-state index is 12.2. The lowest BCUT2D eigenvalue weighted by Gasteiger charge is -2.10. The van der Waals surface area contributed by atoms with Crippen LogP contribution in [0.1, 0.15) is 29.8 Å². The number of aryl methyl sites for hydroxylation is 1. The van der Waals surface area contributed by atoms with Crippen LogP contribution >= 0.6 is 0 Å². The molecule has 0 aliphatic carbocycles. The molecule has 0 aliphatic rings. The zero-order valence-electron chi connectivity index (χ0n) is 15.7. The first-order valence-electron chi connectivity index (χ1n) is 8.44. The number of nitrogens with one attached hydrogen (secondary N) is 1. The zero-order valence-corrected chi connectivity index (χ0v) is 15.7. The lowest BCUT2D eigenvalue weighted by molar-refractivity contribution is -0.385. The molecule has 10 heteroatoms. The summed E-state index contributed by atoms with van der Waals surface area (Å²) in [5.41, 5.74) is 1.77. The predicted molar refractivity (Wildman–Crippen MR) is 102 cm³/mol. The van der Waals surface area contributed by atoms with Crippen molar-refractivity contribution in [1.82, 2.24) is 9.99 Å². The molecule has 0 aliphatic heterocycles. The molecule has 0 unspecified atom stereocenters. The molecule has 1 N–H and O–H groups in total. The van der Waals surface area contributed by atoms with Crippen LogP contribution in [0, 0.1) is 10.1 Å². The second-order valence-corrected chi connectivity index (χ2v) is 5.47. The molecular formula is C18H20N4O6. The number of amides is 1. The average molecular weight is 388 g/mol. The van der Waals surface area contributed by atoms with E-state index in [2.05, 4.69) is 10.5 Å². The van der Waals surface area contributed by atoms with Gasteiger partial charge >= 0.3 is 5.69 Å². The average Bonchev–Trinajstić information content (AvgIpc) is 2.68. The summed E-state index contributed by atoms with van der Waals surface area (Å²) in [5, 5.41) is 15.1. The molecule has 0 fully saturated rings. The number of hydrazone groups is 1. The highest BCUT2D eigenvalue weighted by Crippen LogP contribution is 2.37. The predicted octanol–water partition coefficient (Wildman–Crippen LogP) is 1.95. The fourth-order valence-corrected chi connectivity index (χ4v) is 2.44. The Kier molecular flexibility index (Phi) is 6.85. The number of nitrogens with zero attached hydrogens (tertiary/aromatic N) is 3. The molecule has 0 bridgehead atoms. The molecule has 1 aromatic carbocycles. The summed E-state index contributed by atoms with van der Waals surface area (Å²) in [6, 6.07) is 5.71. The molecule has 2 aromatic rings. The van der Waals surface area contributed by atoms with Crippen molar-refractivity contribution >= 4 is 17.8 Å². The van der Waals surface area contributed by atoms with Crippen molar-refractivity contribution in [2.75, 3.05) is 13.7 Å². The van der Waals surface area contributed by atoms with E-state index in [4.69, 9.17) is 9.47 Å². The summed E-state index contributed by atoms with van der Waals surface area (Å²) in [6.45, 7) is 4.14. The van der Waals surface area contributed by atoms with Crippen molar-refractivity contribution in [3.05, 3.63) is 62.1 Å². The van der Waals surface area contributed by atoms with Crippen LogP contribution in [0.4, 0.5) is 5.69 Å². The Morgan fingerprint density at radius 1 is 1.39 bits per heavy atom. The van der Waals surface area contributed by atoms with Gasteiger partial charge in [0.15, 0.2) is 5.75 Å². The van der Waals surface area contributed by atoms with Crippen LogP contribution in [-0.4, -0.2) is 35.3 Å². The maximum absolute atomic E-state index is 12.2. The van der Waals surface area contributed by atoms with E-state index in [0.717, 1.165) is 0 Å². The molecule has 10 nitrogen and oxygen atoms in total. The van der Waals surface area contributed by atoms with Gasteiger partial charge in [0.2, 0.25) is 5.75 Å². The third-order valence-electron chi connectivity index (χ3n) is 3.75. The van der Waals surface area contributed by atoms with Crippen LogP contribution in [0.5, 0.6) is 11.5 Å².